The van der Waals surface area contributed by atoms with Crippen LogP contribution in [0.25, 0.3) is 0 Å². The normalized spacial score (nSPS) is 48.7. The van der Waals surface area contributed by atoms with Crippen molar-refractivity contribution < 1.29 is 39.9 Å². The number of ether oxygens (including phenoxy) is 1. The van der Waals surface area contributed by atoms with Gasteiger partial charge in [-0.15, -0.1) is 0 Å². The third-order valence-electron chi connectivity index (χ3n) is 2.58. The molecule has 1 aliphatic heterocycles. The van der Waals surface area contributed by atoms with Crippen molar-refractivity contribution in [3.05, 3.63) is 0 Å². The molecule has 5 atom stereocenters. The van der Waals surface area contributed by atoms with Crippen LogP contribution in [0.2, 0.25) is 0 Å². The van der Waals surface area contributed by atoms with Crippen LogP contribution in [-0.2, 0) is 14.3 Å². The predicted molar refractivity (Wildman–Crippen MR) is 46.0 cm³/mol. The van der Waals surface area contributed by atoms with Crippen LogP contribution in [0.15, 0.2) is 0 Å². The fourth-order valence-corrected chi connectivity index (χ4v) is 1.49. The third kappa shape index (κ3) is 1.56. The molecule has 1 heterocycles. The fraction of sp³-hybridized carbons (Fsp3) is 0.750. The molecule has 1 saturated heterocycles. The molecule has 0 spiro atoms. The van der Waals surface area contributed by atoms with Gasteiger partial charge in [-0.3, -0.25) is 9.59 Å². The second kappa shape index (κ2) is 4.17. The number of aliphatic hydroxyl groups excluding tert-OH is 3. The number of aliphatic hydroxyl groups is 5. The van der Waals surface area contributed by atoms with E-state index in [4.69, 9.17) is 5.11 Å². The summed E-state index contributed by atoms with van der Waals surface area (Å²) >= 11 is 0. The summed E-state index contributed by atoms with van der Waals surface area (Å²) in [5.74, 6) is -3.01. The summed E-state index contributed by atoms with van der Waals surface area (Å²) in [6.45, 7) is -0.816. The Morgan fingerprint density at radius 2 is 1.75 bits per heavy atom. The van der Waals surface area contributed by atoms with Crippen LogP contribution >= 0.6 is 0 Å². The van der Waals surface area contributed by atoms with Gasteiger partial charge < -0.3 is 30.3 Å². The van der Waals surface area contributed by atoms with E-state index in [9.17, 15) is 30.0 Å². The van der Waals surface area contributed by atoms with Crippen molar-refractivity contribution in [3.8, 4) is 0 Å². The van der Waals surface area contributed by atoms with Gasteiger partial charge >= 0.3 is 0 Å². The highest BCUT2D eigenvalue weighted by Gasteiger charge is 2.64. The maximum atomic E-state index is 10.6. The summed E-state index contributed by atoms with van der Waals surface area (Å²) < 4.78 is 4.51. The highest BCUT2D eigenvalue weighted by Crippen LogP contribution is 2.34. The molecule has 0 amide bonds. The van der Waals surface area contributed by atoms with Crippen LogP contribution in [-0.4, -0.2) is 74.4 Å². The summed E-state index contributed by atoms with van der Waals surface area (Å²) in [7, 11) is 0. The van der Waals surface area contributed by atoms with E-state index in [-0.39, 0.29) is 12.6 Å². The highest BCUT2D eigenvalue weighted by atomic mass is 16.7. The monoisotopic (exact) mass is 236 g/mol. The molecule has 0 aromatic rings. The maximum absolute atomic E-state index is 10.6. The van der Waals surface area contributed by atoms with Gasteiger partial charge in [-0.25, -0.2) is 0 Å². The zero-order chi connectivity index (χ0) is 12.6. The van der Waals surface area contributed by atoms with Crippen molar-refractivity contribution in [2.45, 2.75) is 29.7 Å². The molecule has 1 unspecified atom stereocenters. The Morgan fingerprint density at radius 3 is 2.12 bits per heavy atom. The van der Waals surface area contributed by atoms with Crippen LogP contribution in [0, 0.1) is 0 Å². The Labute approximate surface area is 89.7 Å². The first-order valence-corrected chi connectivity index (χ1v) is 4.38. The van der Waals surface area contributed by atoms with E-state index in [1.165, 1.54) is 0 Å². The second-order valence-electron chi connectivity index (χ2n) is 3.53. The van der Waals surface area contributed by atoms with Gasteiger partial charge in [0.1, 0.15) is 18.3 Å². The number of carbonyl (C=O) groups excluding carboxylic acids is 2. The van der Waals surface area contributed by atoms with E-state index < -0.39 is 36.3 Å². The quantitative estimate of drug-likeness (QED) is 0.311. The van der Waals surface area contributed by atoms with Gasteiger partial charge in [0.2, 0.25) is 5.60 Å². The van der Waals surface area contributed by atoms with E-state index in [1.807, 2.05) is 0 Å². The summed E-state index contributed by atoms with van der Waals surface area (Å²) in [6.07, 6.45) is -6.07. The largest absolute Gasteiger partial charge is 0.394 e. The molecule has 92 valence electrons. The zero-order valence-electron chi connectivity index (χ0n) is 8.05. The lowest BCUT2D eigenvalue weighted by Gasteiger charge is -2.47. The van der Waals surface area contributed by atoms with Crippen molar-refractivity contribution in [2.75, 3.05) is 6.61 Å². The Bertz CT molecular complexity index is 294. The average molecular weight is 236 g/mol. The molecule has 0 aromatic heterocycles. The van der Waals surface area contributed by atoms with Gasteiger partial charge in [-0.1, -0.05) is 0 Å². The molecule has 8 heteroatoms. The molecular weight excluding hydrogens is 224 g/mol. The Morgan fingerprint density at radius 1 is 1.19 bits per heavy atom. The maximum Gasteiger partial charge on any atom is 0.263 e. The first kappa shape index (κ1) is 13.2. The Hall–Kier alpha value is -0.900. The van der Waals surface area contributed by atoms with Gasteiger partial charge in [0.25, 0.3) is 5.79 Å². The first-order valence-electron chi connectivity index (χ1n) is 4.38. The van der Waals surface area contributed by atoms with Crippen molar-refractivity contribution in [1.82, 2.24) is 0 Å². The fourth-order valence-electron chi connectivity index (χ4n) is 1.49. The lowest BCUT2D eigenvalue weighted by molar-refractivity contribution is -0.350. The lowest BCUT2D eigenvalue weighted by Crippen LogP contribution is -2.74. The molecule has 0 saturated carbocycles. The molecule has 5 N–H and O–H groups in total. The van der Waals surface area contributed by atoms with Gasteiger partial charge in [0.05, 0.1) is 6.61 Å². The van der Waals surface area contributed by atoms with E-state index in [2.05, 4.69) is 4.74 Å². The molecule has 1 fully saturated rings. The minimum atomic E-state index is -3.01. The van der Waals surface area contributed by atoms with Crippen molar-refractivity contribution in [1.29, 1.82) is 0 Å². The third-order valence-corrected chi connectivity index (χ3v) is 2.58. The first-order chi connectivity index (χ1) is 7.36. The van der Waals surface area contributed by atoms with Gasteiger partial charge in [0, 0.05) is 0 Å². The number of carbonyl (C=O) groups is 2. The minimum absolute atomic E-state index is 0.293. The number of rotatable bonds is 3. The van der Waals surface area contributed by atoms with Crippen molar-refractivity contribution in [3.63, 3.8) is 0 Å². The van der Waals surface area contributed by atoms with Crippen LogP contribution in [0.4, 0.5) is 0 Å². The molecule has 16 heavy (non-hydrogen) atoms. The highest BCUT2D eigenvalue weighted by molar-refractivity contribution is 5.77. The Balaban J connectivity index is 3.18. The molecular formula is C8H12O8. The summed E-state index contributed by atoms with van der Waals surface area (Å²) in [5, 5.41) is 46.7. The van der Waals surface area contributed by atoms with Crippen LogP contribution in [0.1, 0.15) is 0 Å². The minimum Gasteiger partial charge on any atom is -0.394 e. The van der Waals surface area contributed by atoms with Crippen LogP contribution in [0.3, 0.4) is 0 Å². The molecule has 0 radical (unpaired) electrons. The number of hydrogen-bond acceptors (Lipinski definition) is 8. The van der Waals surface area contributed by atoms with E-state index >= 15 is 0 Å². The molecule has 0 aromatic carbocycles. The molecule has 1 aliphatic rings. The lowest BCUT2D eigenvalue weighted by atomic mass is 9.81. The van der Waals surface area contributed by atoms with Crippen LogP contribution < -0.4 is 0 Å². The average Bonchev–Trinajstić information content (AvgIpc) is 2.31. The van der Waals surface area contributed by atoms with Crippen LogP contribution in [0.5, 0.6) is 0 Å². The smallest absolute Gasteiger partial charge is 0.263 e. The zero-order valence-corrected chi connectivity index (χ0v) is 8.05. The topological polar surface area (TPSA) is 145 Å². The summed E-state index contributed by atoms with van der Waals surface area (Å²) in [4.78, 5) is 21.2. The molecule has 1 rings (SSSR count). The summed E-state index contributed by atoms with van der Waals surface area (Å²) in [5.41, 5.74) is -2.99. The van der Waals surface area contributed by atoms with Crippen molar-refractivity contribution >= 4 is 12.6 Å². The number of hydrogen-bond donors (Lipinski definition) is 5. The van der Waals surface area contributed by atoms with Gasteiger partial charge in [-0.05, 0) is 0 Å². The van der Waals surface area contributed by atoms with Gasteiger partial charge in [0.15, 0.2) is 12.6 Å². The van der Waals surface area contributed by atoms with Gasteiger partial charge in [-0.2, -0.15) is 0 Å². The second-order valence-corrected chi connectivity index (χ2v) is 3.53. The number of aldehydes is 2. The summed E-state index contributed by atoms with van der Waals surface area (Å²) in [6, 6.07) is 0. The molecule has 0 bridgehead atoms. The molecule has 0 aliphatic carbocycles. The molecule has 8 nitrogen and oxygen atoms in total. The predicted octanol–water partition coefficient (Wildman–Crippen LogP) is -4.08. The SMILES string of the molecule is O=CC1(O)O[C@H](CO)[C@@H](O)[C@H](O)[C@]1(O)C=O. The van der Waals surface area contributed by atoms with E-state index in [1.54, 1.807) is 0 Å². The van der Waals surface area contributed by atoms with E-state index in [0.717, 1.165) is 0 Å². The standard InChI is InChI=1S/C8H12O8/c9-1-4-5(12)6(13)7(14,2-10)8(15,3-11)16-4/h2-6,9,12-15H,1H2/t4-,5-,6+,7-,8?/m1/s1. The van der Waals surface area contributed by atoms with E-state index in [0.29, 0.717) is 0 Å². The van der Waals surface area contributed by atoms with Crippen molar-refractivity contribution in [2.24, 2.45) is 0 Å². The Kier molecular flexibility index (Phi) is 3.43.